The van der Waals surface area contributed by atoms with Gasteiger partial charge in [0.25, 0.3) is 0 Å². The van der Waals surface area contributed by atoms with Crippen LogP contribution in [0.3, 0.4) is 0 Å². The molecule has 1 heteroatoms. The van der Waals surface area contributed by atoms with Gasteiger partial charge in [-0.25, -0.2) is 0 Å². The Balaban J connectivity index is 3.38. The van der Waals surface area contributed by atoms with Gasteiger partial charge in [-0.2, -0.15) is 0 Å². The largest absolute Gasteiger partial charge is 0.290 e. The molecule has 0 fully saturated rings. The first-order chi connectivity index (χ1) is 6.15. The molecular formula is C12H14O. The standard InChI is InChI=1S/C12H14O/c1-4-9(2)11-6-5-7-12(13)10(3)8-11/h4-8H,1-3H3/b9-4+. The summed E-state index contributed by atoms with van der Waals surface area (Å²) >= 11 is 0. The van der Waals surface area contributed by atoms with E-state index in [2.05, 4.69) is 0 Å². The van der Waals surface area contributed by atoms with E-state index < -0.39 is 0 Å². The molecule has 0 heterocycles. The summed E-state index contributed by atoms with van der Waals surface area (Å²) in [5, 5.41) is 0. The van der Waals surface area contributed by atoms with Crippen LogP contribution in [-0.2, 0) is 0 Å². The van der Waals surface area contributed by atoms with Crippen molar-refractivity contribution in [2.24, 2.45) is 0 Å². The average molecular weight is 174 g/mol. The molecule has 0 N–H and O–H groups in total. The number of aryl methyl sites for hydroxylation is 1. The minimum atomic E-state index is 0.0927. The van der Waals surface area contributed by atoms with Crippen LogP contribution in [0.2, 0.25) is 0 Å². The minimum Gasteiger partial charge on any atom is -0.290 e. The Hall–Kier alpha value is -1.37. The fourth-order valence-electron chi connectivity index (χ4n) is 1.14. The first-order valence-electron chi connectivity index (χ1n) is 4.39. The Labute approximate surface area is 78.7 Å². The molecule has 0 saturated heterocycles. The highest BCUT2D eigenvalue weighted by Crippen LogP contribution is 2.11. The second-order valence-electron chi connectivity index (χ2n) is 3.14. The predicted octanol–water partition coefficient (Wildman–Crippen LogP) is 2.78. The van der Waals surface area contributed by atoms with Crippen molar-refractivity contribution in [3.63, 3.8) is 0 Å². The summed E-state index contributed by atoms with van der Waals surface area (Å²) in [5.74, 6) is 0. The molecule has 1 rings (SSSR count). The van der Waals surface area contributed by atoms with Gasteiger partial charge in [0.1, 0.15) is 0 Å². The van der Waals surface area contributed by atoms with Crippen molar-refractivity contribution < 1.29 is 0 Å². The van der Waals surface area contributed by atoms with Gasteiger partial charge >= 0.3 is 0 Å². The van der Waals surface area contributed by atoms with Crippen molar-refractivity contribution in [2.75, 3.05) is 0 Å². The summed E-state index contributed by atoms with van der Waals surface area (Å²) in [6.45, 7) is 5.88. The van der Waals surface area contributed by atoms with Gasteiger partial charge in [0.05, 0.1) is 0 Å². The highest BCUT2D eigenvalue weighted by molar-refractivity contribution is 5.63. The zero-order valence-electron chi connectivity index (χ0n) is 8.29. The third kappa shape index (κ3) is 2.28. The van der Waals surface area contributed by atoms with Gasteiger partial charge in [0.2, 0.25) is 0 Å². The van der Waals surface area contributed by atoms with Crippen LogP contribution in [0.4, 0.5) is 0 Å². The van der Waals surface area contributed by atoms with E-state index in [1.54, 1.807) is 12.1 Å². The van der Waals surface area contributed by atoms with Gasteiger partial charge in [-0.05, 0) is 49.6 Å². The maximum atomic E-state index is 11.3. The van der Waals surface area contributed by atoms with Gasteiger partial charge in [-0.15, -0.1) is 0 Å². The van der Waals surface area contributed by atoms with E-state index in [1.165, 1.54) is 5.57 Å². The molecule has 0 bridgehead atoms. The van der Waals surface area contributed by atoms with E-state index in [4.69, 9.17) is 0 Å². The summed E-state index contributed by atoms with van der Waals surface area (Å²) in [5.41, 5.74) is 3.19. The molecule has 0 spiro atoms. The Morgan fingerprint density at radius 2 is 2.08 bits per heavy atom. The topological polar surface area (TPSA) is 17.1 Å². The van der Waals surface area contributed by atoms with Crippen molar-refractivity contribution in [1.82, 2.24) is 0 Å². The molecule has 0 aliphatic heterocycles. The van der Waals surface area contributed by atoms with Crippen molar-refractivity contribution >= 4 is 5.57 Å². The summed E-state index contributed by atoms with van der Waals surface area (Å²) in [4.78, 5) is 11.3. The first-order valence-corrected chi connectivity index (χ1v) is 4.39. The molecule has 0 saturated carbocycles. The van der Waals surface area contributed by atoms with E-state index in [1.807, 2.05) is 39.0 Å². The highest BCUT2D eigenvalue weighted by Gasteiger charge is 1.94. The lowest BCUT2D eigenvalue weighted by Gasteiger charge is -1.96. The third-order valence-corrected chi connectivity index (χ3v) is 2.17. The molecule has 0 aromatic heterocycles. The van der Waals surface area contributed by atoms with Crippen LogP contribution in [0.1, 0.15) is 25.0 Å². The van der Waals surface area contributed by atoms with Crippen LogP contribution >= 0.6 is 0 Å². The fourth-order valence-corrected chi connectivity index (χ4v) is 1.14. The second-order valence-corrected chi connectivity index (χ2v) is 3.14. The van der Waals surface area contributed by atoms with Crippen LogP contribution in [-0.4, -0.2) is 0 Å². The van der Waals surface area contributed by atoms with Crippen LogP contribution in [0.25, 0.3) is 5.57 Å². The summed E-state index contributed by atoms with van der Waals surface area (Å²) in [6.07, 6.45) is 2.04. The van der Waals surface area contributed by atoms with Crippen LogP contribution in [0.5, 0.6) is 0 Å². The van der Waals surface area contributed by atoms with Gasteiger partial charge in [-0.1, -0.05) is 18.2 Å². The van der Waals surface area contributed by atoms with Gasteiger partial charge in [0, 0.05) is 0 Å². The van der Waals surface area contributed by atoms with Gasteiger partial charge < -0.3 is 0 Å². The predicted molar refractivity (Wildman–Crippen MR) is 56.8 cm³/mol. The molecule has 13 heavy (non-hydrogen) atoms. The fraction of sp³-hybridized carbons (Fsp3) is 0.250. The van der Waals surface area contributed by atoms with Crippen molar-refractivity contribution in [3.05, 3.63) is 51.7 Å². The minimum absolute atomic E-state index is 0.0927. The lowest BCUT2D eigenvalue weighted by molar-refractivity contribution is 1.42. The number of hydrogen-bond acceptors (Lipinski definition) is 1. The monoisotopic (exact) mass is 174 g/mol. The third-order valence-electron chi connectivity index (χ3n) is 2.17. The quantitative estimate of drug-likeness (QED) is 0.639. The van der Waals surface area contributed by atoms with E-state index in [0.29, 0.717) is 0 Å². The highest BCUT2D eigenvalue weighted by atomic mass is 16.1. The van der Waals surface area contributed by atoms with Crippen LogP contribution in [0.15, 0.2) is 35.1 Å². The second kappa shape index (κ2) is 4.04. The molecule has 1 aromatic rings. The van der Waals surface area contributed by atoms with E-state index in [9.17, 15) is 4.79 Å². The Morgan fingerprint density at radius 3 is 2.69 bits per heavy atom. The zero-order chi connectivity index (χ0) is 9.84. The molecule has 68 valence electrons. The number of hydrogen-bond donors (Lipinski definition) is 0. The van der Waals surface area contributed by atoms with Crippen molar-refractivity contribution in [3.8, 4) is 0 Å². The molecule has 0 unspecified atom stereocenters. The molecule has 1 nitrogen and oxygen atoms in total. The smallest absolute Gasteiger partial charge is 0.181 e. The maximum absolute atomic E-state index is 11.3. The molecule has 0 aliphatic rings. The van der Waals surface area contributed by atoms with Crippen molar-refractivity contribution in [1.29, 1.82) is 0 Å². The van der Waals surface area contributed by atoms with E-state index >= 15 is 0 Å². The first kappa shape index (κ1) is 9.72. The summed E-state index contributed by atoms with van der Waals surface area (Å²) in [6, 6.07) is 7.29. The zero-order valence-corrected chi connectivity index (χ0v) is 8.29. The van der Waals surface area contributed by atoms with Gasteiger partial charge in [-0.3, -0.25) is 4.79 Å². The molecule has 0 radical (unpaired) electrons. The van der Waals surface area contributed by atoms with Crippen LogP contribution < -0.4 is 5.43 Å². The summed E-state index contributed by atoms with van der Waals surface area (Å²) < 4.78 is 0. The Kier molecular flexibility index (Phi) is 3.02. The number of allylic oxidation sites excluding steroid dienone is 2. The molecule has 1 aromatic carbocycles. The average Bonchev–Trinajstić information content (AvgIpc) is 2.28. The van der Waals surface area contributed by atoms with E-state index in [0.717, 1.165) is 11.1 Å². The normalized spacial score (nSPS) is 11.5. The summed E-state index contributed by atoms with van der Waals surface area (Å²) in [7, 11) is 0. The molecule has 0 atom stereocenters. The maximum Gasteiger partial charge on any atom is 0.181 e. The Morgan fingerprint density at radius 1 is 1.38 bits per heavy atom. The SMILES string of the molecule is C/C=C(\C)c1cccc(=O)c(C)c1. The van der Waals surface area contributed by atoms with Crippen LogP contribution in [0, 0.1) is 6.92 Å². The van der Waals surface area contributed by atoms with E-state index in [-0.39, 0.29) is 5.43 Å². The lowest BCUT2D eigenvalue weighted by atomic mass is 10.1. The van der Waals surface area contributed by atoms with Gasteiger partial charge in [0.15, 0.2) is 5.43 Å². The Bertz CT molecular complexity index is 389. The molecule has 0 aliphatic carbocycles. The molecule has 0 amide bonds. The molecular weight excluding hydrogens is 160 g/mol. The number of rotatable bonds is 1. The lowest BCUT2D eigenvalue weighted by Crippen LogP contribution is -1.97. The van der Waals surface area contributed by atoms with Crippen molar-refractivity contribution in [2.45, 2.75) is 20.8 Å².